The second-order valence-corrected chi connectivity index (χ2v) is 4.91. The first-order valence-electron chi connectivity index (χ1n) is 6.84. The van der Waals surface area contributed by atoms with Gasteiger partial charge in [0.2, 0.25) is 0 Å². The predicted octanol–water partition coefficient (Wildman–Crippen LogP) is 1.19. The van der Waals surface area contributed by atoms with E-state index in [1.54, 1.807) is 13.4 Å². The third-order valence-electron chi connectivity index (χ3n) is 3.73. The van der Waals surface area contributed by atoms with Gasteiger partial charge in [0.1, 0.15) is 18.0 Å². The Morgan fingerprint density at radius 3 is 2.74 bits per heavy atom. The molecule has 0 amide bonds. The summed E-state index contributed by atoms with van der Waals surface area (Å²) in [6, 6.07) is 0. The van der Waals surface area contributed by atoms with E-state index in [1.807, 2.05) is 0 Å². The number of ether oxygens (including phenoxy) is 1. The fourth-order valence-electron chi connectivity index (χ4n) is 2.67. The second kappa shape index (κ2) is 6.68. The van der Waals surface area contributed by atoms with Crippen molar-refractivity contribution < 1.29 is 4.74 Å². The molecule has 6 heteroatoms. The van der Waals surface area contributed by atoms with Crippen molar-refractivity contribution in [3.63, 3.8) is 0 Å². The number of piperidine rings is 1. The molecule has 0 aromatic carbocycles. The summed E-state index contributed by atoms with van der Waals surface area (Å²) in [6.07, 6.45) is 4.73. The molecule has 2 heterocycles. The summed E-state index contributed by atoms with van der Waals surface area (Å²) in [6.45, 7) is 4.98. The largest absolute Gasteiger partial charge is 0.384 e. The van der Waals surface area contributed by atoms with E-state index in [9.17, 15) is 0 Å². The Balaban J connectivity index is 2.11. The highest BCUT2D eigenvalue weighted by Crippen LogP contribution is 2.27. The molecule has 3 N–H and O–H groups in total. The van der Waals surface area contributed by atoms with Gasteiger partial charge in [0, 0.05) is 32.4 Å². The normalized spacial score (nSPS) is 16.7. The molecule has 0 radical (unpaired) electrons. The molecular weight excluding hydrogens is 242 g/mol. The molecule has 0 aliphatic carbocycles. The molecule has 1 fully saturated rings. The average molecular weight is 265 g/mol. The van der Waals surface area contributed by atoms with E-state index < -0.39 is 0 Å². The summed E-state index contributed by atoms with van der Waals surface area (Å²) in [5, 5.41) is 0. The zero-order valence-electron chi connectivity index (χ0n) is 11.7. The van der Waals surface area contributed by atoms with Crippen LogP contribution in [0.3, 0.4) is 0 Å². The van der Waals surface area contributed by atoms with Crippen molar-refractivity contribution >= 4 is 11.6 Å². The smallest absolute Gasteiger partial charge is 0.148 e. The molecule has 1 aromatic heterocycles. The minimum atomic E-state index is 0.667. The van der Waals surface area contributed by atoms with E-state index in [2.05, 4.69) is 27.2 Å². The molecule has 1 aliphatic rings. The number of methoxy groups -OCH3 is 1. The van der Waals surface area contributed by atoms with Gasteiger partial charge >= 0.3 is 0 Å². The van der Waals surface area contributed by atoms with E-state index >= 15 is 0 Å². The number of hydrazine groups is 1. The lowest BCUT2D eigenvalue weighted by Crippen LogP contribution is -2.36. The summed E-state index contributed by atoms with van der Waals surface area (Å²) in [4.78, 5) is 10.9. The topological polar surface area (TPSA) is 76.3 Å². The van der Waals surface area contributed by atoms with Crippen molar-refractivity contribution in [3.05, 3.63) is 11.9 Å². The predicted molar refractivity (Wildman–Crippen MR) is 76.0 cm³/mol. The van der Waals surface area contributed by atoms with Gasteiger partial charge in [-0.15, -0.1) is 0 Å². The van der Waals surface area contributed by atoms with Crippen molar-refractivity contribution in [3.8, 4) is 0 Å². The fraction of sp³-hybridized carbons (Fsp3) is 0.692. The third-order valence-corrected chi connectivity index (χ3v) is 3.73. The van der Waals surface area contributed by atoms with Crippen molar-refractivity contribution in [1.82, 2.24) is 9.97 Å². The van der Waals surface area contributed by atoms with Gasteiger partial charge in [-0.1, -0.05) is 6.92 Å². The highest BCUT2D eigenvalue weighted by atomic mass is 16.5. The Morgan fingerprint density at radius 1 is 1.42 bits per heavy atom. The molecule has 1 aliphatic heterocycles. The number of rotatable bonds is 5. The number of hydrogen-bond donors (Lipinski definition) is 2. The Kier molecular flexibility index (Phi) is 4.93. The van der Waals surface area contributed by atoms with Gasteiger partial charge < -0.3 is 15.1 Å². The number of nitrogens with zero attached hydrogens (tertiary/aromatic N) is 3. The van der Waals surface area contributed by atoms with Crippen LogP contribution in [0.15, 0.2) is 6.33 Å². The number of hydrogen-bond acceptors (Lipinski definition) is 6. The summed E-state index contributed by atoms with van der Waals surface area (Å²) < 4.78 is 5.23. The minimum absolute atomic E-state index is 0.667. The first-order valence-corrected chi connectivity index (χ1v) is 6.84. The van der Waals surface area contributed by atoms with E-state index in [4.69, 9.17) is 10.6 Å². The minimum Gasteiger partial charge on any atom is -0.384 e. The van der Waals surface area contributed by atoms with Crippen LogP contribution in [0.5, 0.6) is 0 Å². The van der Waals surface area contributed by atoms with Gasteiger partial charge in [0.25, 0.3) is 0 Å². The standard InChI is InChI=1S/C13H23N5O/c1-3-11-12(17-14)15-9-16-13(11)18-6-4-10(5-7-18)8-19-2/h9-10H,3-8,14H2,1-2H3,(H,15,16,17). The molecular formula is C13H23N5O. The number of aromatic nitrogens is 2. The second-order valence-electron chi connectivity index (χ2n) is 4.91. The van der Waals surface area contributed by atoms with Gasteiger partial charge in [-0.3, -0.25) is 0 Å². The van der Waals surface area contributed by atoms with Crippen molar-refractivity contribution in [2.45, 2.75) is 26.2 Å². The van der Waals surface area contributed by atoms with Gasteiger partial charge in [0.05, 0.1) is 0 Å². The van der Waals surface area contributed by atoms with E-state index in [0.29, 0.717) is 5.92 Å². The van der Waals surface area contributed by atoms with Crippen LogP contribution in [0, 0.1) is 5.92 Å². The Hall–Kier alpha value is -1.40. The molecule has 1 saturated heterocycles. The zero-order chi connectivity index (χ0) is 13.7. The van der Waals surface area contributed by atoms with E-state index in [-0.39, 0.29) is 0 Å². The maximum Gasteiger partial charge on any atom is 0.148 e. The van der Waals surface area contributed by atoms with Crippen LogP contribution in [-0.2, 0) is 11.2 Å². The Bertz CT molecular complexity index is 404. The molecule has 19 heavy (non-hydrogen) atoms. The van der Waals surface area contributed by atoms with Crippen LogP contribution in [0.2, 0.25) is 0 Å². The molecule has 0 saturated carbocycles. The number of nitrogens with two attached hydrogens (primary N) is 1. The van der Waals surface area contributed by atoms with Crippen LogP contribution in [0.25, 0.3) is 0 Å². The van der Waals surface area contributed by atoms with Crippen LogP contribution < -0.4 is 16.2 Å². The van der Waals surface area contributed by atoms with Gasteiger partial charge in [-0.05, 0) is 25.2 Å². The third kappa shape index (κ3) is 3.13. The van der Waals surface area contributed by atoms with Crippen molar-refractivity contribution in [2.75, 3.05) is 37.1 Å². The van der Waals surface area contributed by atoms with Crippen LogP contribution in [-0.4, -0.2) is 36.8 Å². The highest BCUT2D eigenvalue weighted by molar-refractivity contribution is 5.58. The molecule has 0 bridgehead atoms. The summed E-state index contributed by atoms with van der Waals surface area (Å²) >= 11 is 0. The summed E-state index contributed by atoms with van der Waals surface area (Å²) in [7, 11) is 1.77. The lowest BCUT2D eigenvalue weighted by atomic mass is 9.97. The van der Waals surface area contributed by atoms with Crippen LogP contribution >= 0.6 is 0 Å². The summed E-state index contributed by atoms with van der Waals surface area (Å²) in [5.41, 5.74) is 3.75. The van der Waals surface area contributed by atoms with E-state index in [1.165, 1.54) is 0 Å². The lowest BCUT2D eigenvalue weighted by molar-refractivity contribution is 0.139. The molecule has 1 aromatic rings. The maximum absolute atomic E-state index is 5.51. The SMILES string of the molecule is CCc1c(NN)ncnc1N1CCC(COC)CC1. The van der Waals surface area contributed by atoms with Gasteiger partial charge in [-0.25, -0.2) is 15.8 Å². The van der Waals surface area contributed by atoms with Crippen LogP contribution in [0.1, 0.15) is 25.3 Å². The molecule has 6 nitrogen and oxygen atoms in total. The van der Waals surface area contributed by atoms with Crippen LogP contribution in [0.4, 0.5) is 11.6 Å². The molecule has 0 spiro atoms. The quantitative estimate of drug-likeness (QED) is 0.615. The van der Waals surface area contributed by atoms with Gasteiger partial charge in [-0.2, -0.15) is 0 Å². The van der Waals surface area contributed by atoms with E-state index in [0.717, 1.165) is 56.2 Å². The monoisotopic (exact) mass is 265 g/mol. The molecule has 0 atom stereocenters. The number of anilines is 2. The number of nitrogen functional groups attached to an aromatic ring is 1. The van der Waals surface area contributed by atoms with Crippen molar-refractivity contribution in [2.24, 2.45) is 11.8 Å². The average Bonchev–Trinajstić information content (AvgIpc) is 2.47. The Morgan fingerprint density at radius 2 is 2.16 bits per heavy atom. The Labute approximate surface area is 114 Å². The fourth-order valence-corrected chi connectivity index (χ4v) is 2.67. The zero-order valence-corrected chi connectivity index (χ0v) is 11.7. The van der Waals surface area contributed by atoms with Crippen molar-refractivity contribution in [1.29, 1.82) is 0 Å². The summed E-state index contributed by atoms with van der Waals surface area (Å²) in [5.74, 6) is 7.92. The number of nitrogens with one attached hydrogen (secondary N) is 1. The molecule has 0 unspecified atom stereocenters. The lowest BCUT2D eigenvalue weighted by Gasteiger charge is -2.33. The highest BCUT2D eigenvalue weighted by Gasteiger charge is 2.22. The van der Waals surface area contributed by atoms with Gasteiger partial charge in [0.15, 0.2) is 0 Å². The molecule has 106 valence electrons. The first kappa shape index (κ1) is 14.0. The first-order chi connectivity index (χ1) is 9.30. The maximum atomic E-state index is 5.51. The molecule has 2 rings (SSSR count).